The van der Waals surface area contributed by atoms with Crippen LogP contribution in [-0.2, 0) is 5.33 Å². The molecule has 0 aliphatic rings. The molecule has 0 bridgehead atoms. The van der Waals surface area contributed by atoms with Gasteiger partial charge in [-0.1, -0.05) is 15.9 Å². The summed E-state index contributed by atoms with van der Waals surface area (Å²) in [5, 5.41) is 1.68. The van der Waals surface area contributed by atoms with Crippen LogP contribution in [0.2, 0.25) is 0 Å². The van der Waals surface area contributed by atoms with Gasteiger partial charge in [0, 0.05) is 25.2 Å². The van der Waals surface area contributed by atoms with E-state index in [2.05, 4.69) is 28.6 Å². The van der Waals surface area contributed by atoms with Crippen LogP contribution in [0.1, 0.15) is 4.88 Å². The SMILES string of the molecule is Fc1ccc2sc(CBr)c(S)c2c1. The highest BCUT2D eigenvalue weighted by Crippen LogP contribution is 2.35. The summed E-state index contributed by atoms with van der Waals surface area (Å²) < 4.78 is 14.0. The lowest BCUT2D eigenvalue weighted by Gasteiger charge is -1.91. The van der Waals surface area contributed by atoms with Gasteiger partial charge >= 0.3 is 0 Å². The molecule has 1 heterocycles. The van der Waals surface area contributed by atoms with Crippen molar-refractivity contribution in [2.45, 2.75) is 10.2 Å². The topological polar surface area (TPSA) is 0 Å². The smallest absolute Gasteiger partial charge is 0.123 e. The van der Waals surface area contributed by atoms with Gasteiger partial charge in [0.05, 0.1) is 0 Å². The Morgan fingerprint density at radius 2 is 2.23 bits per heavy atom. The van der Waals surface area contributed by atoms with Gasteiger partial charge in [-0.15, -0.1) is 24.0 Å². The van der Waals surface area contributed by atoms with Gasteiger partial charge in [-0.3, -0.25) is 0 Å². The summed E-state index contributed by atoms with van der Waals surface area (Å²) in [5.74, 6) is -0.207. The van der Waals surface area contributed by atoms with Crippen LogP contribution in [0, 0.1) is 5.82 Å². The monoisotopic (exact) mass is 276 g/mol. The molecule has 0 fully saturated rings. The lowest BCUT2D eigenvalue weighted by molar-refractivity contribution is 0.629. The quantitative estimate of drug-likeness (QED) is 0.585. The first-order valence-corrected chi connectivity index (χ1v) is 6.06. The van der Waals surface area contributed by atoms with Crippen molar-refractivity contribution < 1.29 is 4.39 Å². The number of thiophene rings is 1. The first-order chi connectivity index (χ1) is 6.22. The van der Waals surface area contributed by atoms with Crippen molar-refractivity contribution in [3.63, 3.8) is 0 Å². The Bertz CT molecular complexity index is 450. The normalized spacial score (nSPS) is 11.0. The maximum atomic E-state index is 12.9. The third kappa shape index (κ3) is 1.63. The van der Waals surface area contributed by atoms with Crippen molar-refractivity contribution in [1.29, 1.82) is 0 Å². The highest BCUT2D eigenvalue weighted by Gasteiger charge is 2.08. The van der Waals surface area contributed by atoms with E-state index in [4.69, 9.17) is 0 Å². The first kappa shape index (κ1) is 9.49. The summed E-state index contributed by atoms with van der Waals surface area (Å²) in [6, 6.07) is 4.80. The fraction of sp³-hybridized carbons (Fsp3) is 0.111. The number of alkyl halides is 1. The van der Waals surface area contributed by atoms with E-state index in [9.17, 15) is 4.39 Å². The van der Waals surface area contributed by atoms with Crippen LogP contribution < -0.4 is 0 Å². The molecule has 1 aromatic heterocycles. The van der Waals surface area contributed by atoms with E-state index in [0.717, 1.165) is 25.2 Å². The third-order valence-corrected chi connectivity index (χ3v) is 4.58. The van der Waals surface area contributed by atoms with Gasteiger partial charge < -0.3 is 0 Å². The molecular weight excluding hydrogens is 271 g/mol. The molecule has 0 unspecified atom stereocenters. The number of fused-ring (bicyclic) bond motifs is 1. The molecule has 13 heavy (non-hydrogen) atoms. The molecule has 2 rings (SSSR count). The van der Waals surface area contributed by atoms with Gasteiger partial charge in [-0.2, -0.15) is 0 Å². The number of thiol groups is 1. The second-order valence-corrected chi connectivity index (χ2v) is 4.79. The average Bonchev–Trinajstić information content (AvgIpc) is 2.44. The highest BCUT2D eigenvalue weighted by molar-refractivity contribution is 9.08. The largest absolute Gasteiger partial charge is 0.207 e. The molecule has 68 valence electrons. The fourth-order valence-electron chi connectivity index (χ4n) is 1.20. The van der Waals surface area contributed by atoms with Crippen molar-refractivity contribution in [3.05, 3.63) is 28.9 Å². The zero-order valence-electron chi connectivity index (χ0n) is 6.55. The van der Waals surface area contributed by atoms with Crippen molar-refractivity contribution in [2.24, 2.45) is 0 Å². The Labute approximate surface area is 93.3 Å². The molecule has 2 aromatic rings. The number of benzene rings is 1. The zero-order valence-corrected chi connectivity index (χ0v) is 9.85. The summed E-state index contributed by atoms with van der Waals surface area (Å²) >= 11 is 9.37. The van der Waals surface area contributed by atoms with Crippen LogP contribution in [0.15, 0.2) is 23.1 Å². The average molecular weight is 277 g/mol. The maximum Gasteiger partial charge on any atom is 0.123 e. The summed E-state index contributed by atoms with van der Waals surface area (Å²) in [7, 11) is 0. The predicted octanol–water partition coefficient (Wildman–Crippen LogP) is 4.22. The van der Waals surface area contributed by atoms with E-state index in [1.165, 1.54) is 12.1 Å². The molecule has 0 spiro atoms. The Balaban J connectivity index is 2.77. The molecule has 1 aromatic carbocycles. The van der Waals surface area contributed by atoms with Crippen molar-refractivity contribution in [2.75, 3.05) is 0 Å². The number of rotatable bonds is 1. The van der Waals surface area contributed by atoms with Gasteiger partial charge in [0.15, 0.2) is 0 Å². The van der Waals surface area contributed by atoms with E-state index in [1.54, 1.807) is 17.4 Å². The highest BCUT2D eigenvalue weighted by atomic mass is 79.9. The van der Waals surface area contributed by atoms with Crippen LogP contribution in [0.3, 0.4) is 0 Å². The van der Waals surface area contributed by atoms with Crippen LogP contribution in [0.5, 0.6) is 0 Å². The van der Waals surface area contributed by atoms with Crippen molar-refractivity contribution >= 4 is 50.0 Å². The van der Waals surface area contributed by atoms with Crippen LogP contribution >= 0.6 is 39.9 Å². The summed E-state index contributed by atoms with van der Waals surface area (Å²) in [6.45, 7) is 0. The molecule has 0 N–H and O–H groups in total. The minimum atomic E-state index is -0.207. The molecule has 0 aliphatic heterocycles. The lowest BCUT2D eigenvalue weighted by atomic mass is 10.2. The van der Waals surface area contributed by atoms with E-state index in [0.29, 0.717) is 0 Å². The van der Waals surface area contributed by atoms with Gasteiger partial charge in [0.1, 0.15) is 5.82 Å². The summed E-state index contributed by atoms with van der Waals surface area (Å²) in [4.78, 5) is 2.03. The van der Waals surface area contributed by atoms with Gasteiger partial charge in [0.2, 0.25) is 0 Å². The van der Waals surface area contributed by atoms with E-state index in [-0.39, 0.29) is 5.82 Å². The van der Waals surface area contributed by atoms with E-state index < -0.39 is 0 Å². The number of halogens is 2. The molecule has 0 saturated heterocycles. The van der Waals surface area contributed by atoms with Crippen LogP contribution in [0.25, 0.3) is 10.1 Å². The fourth-order valence-corrected chi connectivity index (χ4v) is 3.45. The molecule has 4 heteroatoms. The minimum absolute atomic E-state index is 0.207. The van der Waals surface area contributed by atoms with Gasteiger partial charge in [-0.25, -0.2) is 4.39 Å². The molecule has 0 nitrogen and oxygen atoms in total. The zero-order chi connectivity index (χ0) is 9.42. The van der Waals surface area contributed by atoms with Gasteiger partial charge in [0.25, 0.3) is 0 Å². The third-order valence-electron chi connectivity index (χ3n) is 1.82. The van der Waals surface area contributed by atoms with E-state index in [1.807, 2.05) is 0 Å². The first-order valence-electron chi connectivity index (χ1n) is 3.68. The van der Waals surface area contributed by atoms with Crippen LogP contribution in [-0.4, -0.2) is 0 Å². The Hall–Kier alpha value is -0.0600. The van der Waals surface area contributed by atoms with E-state index >= 15 is 0 Å². The number of hydrogen-bond acceptors (Lipinski definition) is 2. The Morgan fingerprint density at radius 1 is 1.46 bits per heavy atom. The second kappa shape index (κ2) is 3.59. The molecular formula is C9H6BrFS2. The second-order valence-electron chi connectivity index (χ2n) is 2.65. The van der Waals surface area contributed by atoms with Crippen LogP contribution in [0.4, 0.5) is 4.39 Å². The lowest BCUT2D eigenvalue weighted by Crippen LogP contribution is -1.72. The summed E-state index contributed by atoms with van der Waals surface area (Å²) in [5.41, 5.74) is 0. The molecule has 0 aliphatic carbocycles. The van der Waals surface area contributed by atoms with Gasteiger partial charge in [-0.05, 0) is 18.2 Å². The maximum absolute atomic E-state index is 12.9. The predicted molar refractivity (Wildman–Crippen MR) is 61.7 cm³/mol. The van der Waals surface area contributed by atoms with Crippen molar-refractivity contribution in [3.8, 4) is 0 Å². The molecule has 0 atom stereocenters. The molecule has 0 saturated carbocycles. The molecule has 0 radical (unpaired) electrons. The number of hydrogen-bond donors (Lipinski definition) is 1. The summed E-state index contributed by atoms with van der Waals surface area (Å²) in [6.07, 6.45) is 0. The minimum Gasteiger partial charge on any atom is -0.207 e. The molecule has 0 amide bonds. The van der Waals surface area contributed by atoms with Crippen molar-refractivity contribution in [1.82, 2.24) is 0 Å². The Morgan fingerprint density at radius 3 is 2.92 bits per heavy atom. The Kier molecular flexibility index (Phi) is 2.62. The standard InChI is InChI=1S/C9H6BrFS2/c10-4-8-9(12)6-3-5(11)1-2-7(6)13-8/h1-3,12H,4H2.